The number of carbonyl (C=O) groups is 1. The Hall–Kier alpha value is -2.83. The number of alkyl halides is 1. The van der Waals surface area contributed by atoms with E-state index >= 15 is 4.39 Å². The van der Waals surface area contributed by atoms with Crippen molar-refractivity contribution < 1.29 is 42.9 Å². The first-order valence-corrected chi connectivity index (χ1v) is 12.8. The molecule has 1 aromatic heterocycles. The minimum absolute atomic E-state index is 0.0547. The van der Waals surface area contributed by atoms with Crippen LogP contribution in [0.2, 0.25) is 0 Å². The summed E-state index contributed by atoms with van der Waals surface area (Å²) in [6.45, 7) is 1.98. The molecule has 0 saturated carbocycles. The number of hydrogen-bond acceptors (Lipinski definition) is 9. The molecule has 37 heavy (non-hydrogen) atoms. The highest BCUT2D eigenvalue weighted by molar-refractivity contribution is 7.52. The largest absolute Gasteiger partial charge is 0.462 e. The quantitative estimate of drug-likeness (QED) is 0.297. The third kappa shape index (κ3) is 6.74. The van der Waals surface area contributed by atoms with Crippen LogP contribution in [-0.4, -0.2) is 56.8 Å². The van der Waals surface area contributed by atoms with Crippen molar-refractivity contribution in [1.82, 2.24) is 14.6 Å². The summed E-state index contributed by atoms with van der Waals surface area (Å²) < 4.78 is 83.6. The Morgan fingerprint density at radius 2 is 2.03 bits per heavy atom. The van der Waals surface area contributed by atoms with E-state index in [4.69, 9.17) is 24.0 Å². The van der Waals surface area contributed by atoms with Crippen LogP contribution in [-0.2, 0) is 23.4 Å². The summed E-state index contributed by atoms with van der Waals surface area (Å²) in [7, 11) is -4.85. The van der Waals surface area contributed by atoms with Gasteiger partial charge in [-0.15, -0.1) is 0 Å². The smallest absolute Gasteiger partial charge is 0.459 e. The Morgan fingerprint density at radius 1 is 1.35 bits per heavy atom. The first kappa shape index (κ1) is 23.3. The van der Waals surface area contributed by atoms with Crippen LogP contribution in [0.4, 0.5) is 4.39 Å². The van der Waals surface area contributed by atoms with Gasteiger partial charge in [0.15, 0.2) is 11.9 Å². The van der Waals surface area contributed by atoms with Crippen molar-refractivity contribution in [2.24, 2.45) is 0 Å². The van der Waals surface area contributed by atoms with Crippen LogP contribution in [0, 0.1) is 0 Å². The van der Waals surface area contributed by atoms with E-state index in [-0.39, 0.29) is 5.75 Å². The average molecular weight is 548 g/mol. The maximum atomic E-state index is 15.9. The topological polar surface area (TPSA) is 158 Å². The number of carbonyl (C=O) groups excluding carboxylic acids is 1. The monoisotopic (exact) mass is 547 g/mol. The van der Waals surface area contributed by atoms with Crippen molar-refractivity contribution in [2.75, 3.05) is 0 Å². The number of nitrogens with zero attached hydrogens (tertiary/aromatic N) is 1. The molecule has 1 fully saturated rings. The van der Waals surface area contributed by atoms with Gasteiger partial charge in [-0.3, -0.25) is 23.7 Å². The van der Waals surface area contributed by atoms with E-state index in [1.54, 1.807) is 24.9 Å². The highest BCUT2D eigenvalue weighted by Gasteiger charge is 2.57. The highest BCUT2D eigenvalue weighted by atomic mass is 31.2. The zero-order valence-corrected chi connectivity index (χ0v) is 21.3. The Balaban J connectivity index is 2.02. The molecule has 1 saturated heterocycles. The fraction of sp³-hybridized carbons (Fsp3) is 0.522. The standard InChI is InChI=1S/C23H31FN3O9P/c1-13(2)33-20(30)14(3)26-37(32,36-16-9-7-6-8-10-16)35-15(4)18-19(29)23(5,24)21(34-18)27-12-11-17(28)25-22(27)31/h6-15,18-19,21,29H,1-5H3,(H,26,32)(H,25,28,31)/t14-,15?,18+,19+,21+,23+,37-/m0/s1/i4D3,11D. The molecule has 14 heteroatoms. The second kappa shape index (κ2) is 11.3. The van der Waals surface area contributed by atoms with Gasteiger partial charge in [0.05, 0.1) is 13.6 Å². The maximum absolute atomic E-state index is 15.9. The van der Waals surface area contributed by atoms with E-state index in [1.807, 2.05) is 0 Å². The molecule has 3 rings (SSSR count). The summed E-state index contributed by atoms with van der Waals surface area (Å²) >= 11 is 0. The zero-order valence-electron chi connectivity index (χ0n) is 24.4. The molecule has 1 aromatic carbocycles. The molecule has 0 spiro atoms. The fourth-order valence-electron chi connectivity index (χ4n) is 3.49. The fourth-order valence-corrected chi connectivity index (χ4v) is 5.04. The van der Waals surface area contributed by atoms with E-state index in [0.717, 1.165) is 6.92 Å². The second-order valence-corrected chi connectivity index (χ2v) is 10.4. The summed E-state index contributed by atoms with van der Waals surface area (Å²) in [4.78, 5) is 38.2. The number of rotatable bonds is 10. The number of nitrogens with one attached hydrogen (secondary N) is 2. The summed E-state index contributed by atoms with van der Waals surface area (Å²) in [5.74, 6) is -0.927. The van der Waals surface area contributed by atoms with E-state index < -0.39 is 80.2 Å². The normalized spacial score (nSPS) is 28.8. The molecule has 2 heterocycles. The third-order valence-corrected chi connectivity index (χ3v) is 6.94. The van der Waals surface area contributed by atoms with Crippen molar-refractivity contribution in [1.29, 1.82) is 0 Å². The predicted molar refractivity (Wildman–Crippen MR) is 130 cm³/mol. The van der Waals surface area contributed by atoms with Gasteiger partial charge in [-0.05, 0) is 46.7 Å². The number of para-hydroxylation sites is 1. The first-order valence-electron chi connectivity index (χ1n) is 13.2. The minimum atomic E-state index is -4.85. The molecule has 0 bridgehead atoms. The van der Waals surface area contributed by atoms with Crippen LogP contribution in [0.5, 0.6) is 5.75 Å². The molecule has 3 N–H and O–H groups in total. The van der Waals surface area contributed by atoms with Gasteiger partial charge in [-0.25, -0.2) is 13.8 Å². The van der Waals surface area contributed by atoms with Crippen molar-refractivity contribution in [2.45, 2.75) is 76.9 Å². The van der Waals surface area contributed by atoms with Crippen LogP contribution in [0.25, 0.3) is 0 Å². The van der Waals surface area contributed by atoms with Gasteiger partial charge in [0.2, 0.25) is 0 Å². The molecule has 1 aliphatic heterocycles. The van der Waals surface area contributed by atoms with E-state index in [9.17, 15) is 24.1 Å². The van der Waals surface area contributed by atoms with Gasteiger partial charge < -0.3 is 19.1 Å². The van der Waals surface area contributed by atoms with Gasteiger partial charge in [0, 0.05) is 16.4 Å². The minimum Gasteiger partial charge on any atom is -0.462 e. The number of benzene rings is 1. The number of H-pyrrole nitrogens is 1. The summed E-state index contributed by atoms with van der Waals surface area (Å²) in [6, 6.07) is 5.30. The van der Waals surface area contributed by atoms with Crippen LogP contribution >= 0.6 is 7.75 Å². The number of aromatic nitrogens is 2. The lowest BCUT2D eigenvalue weighted by Crippen LogP contribution is -2.45. The molecule has 12 nitrogen and oxygen atoms in total. The van der Waals surface area contributed by atoms with Crippen LogP contribution in [0.3, 0.4) is 0 Å². The Labute approximate surface area is 217 Å². The number of aliphatic hydroxyl groups is 1. The van der Waals surface area contributed by atoms with Crippen molar-refractivity contribution in [3.8, 4) is 5.75 Å². The van der Waals surface area contributed by atoms with Gasteiger partial charge in [0.1, 0.15) is 24.0 Å². The lowest BCUT2D eigenvalue weighted by molar-refractivity contribution is -0.149. The van der Waals surface area contributed by atoms with Gasteiger partial charge in [-0.2, -0.15) is 5.09 Å². The number of aliphatic hydroxyl groups excluding tert-OH is 1. The Kier molecular flexibility index (Phi) is 7.10. The molecule has 7 atom stereocenters. The zero-order chi connectivity index (χ0) is 30.9. The van der Waals surface area contributed by atoms with Crippen molar-refractivity contribution >= 4 is 13.7 Å². The predicted octanol–water partition coefficient (Wildman–Crippen LogP) is 2.04. The van der Waals surface area contributed by atoms with Crippen molar-refractivity contribution in [3.63, 3.8) is 0 Å². The molecular weight excluding hydrogens is 512 g/mol. The lowest BCUT2D eigenvalue weighted by atomic mass is 9.96. The Morgan fingerprint density at radius 3 is 2.65 bits per heavy atom. The molecule has 2 aromatic rings. The van der Waals surface area contributed by atoms with Gasteiger partial charge in [-0.1, -0.05) is 18.2 Å². The van der Waals surface area contributed by atoms with Gasteiger partial charge >= 0.3 is 19.4 Å². The molecule has 204 valence electrons. The van der Waals surface area contributed by atoms with Crippen LogP contribution < -0.4 is 20.9 Å². The number of halogens is 1. The summed E-state index contributed by atoms with van der Waals surface area (Å²) in [6.07, 6.45) is -8.66. The first-order chi connectivity index (χ1) is 18.9. The molecule has 1 aliphatic rings. The molecule has 0 aliphatic carbocycles. The van der Waals surface area contributed by atoms with Crippen LogP contribution in [0.1, 0.15) is 46.3 Å². The number of hydrogen-bond donors (Lipinski definition) is 3. The Bertz CT molecular complexity index is 1400. The number of esters is 1. The molecule has 0 amide bonds. The number of aromatic amines is 1. The molecule has 1 unspecified atom stereocenters. The molecule has 0 radical (unpaired) electrons. The second-order valence-electron chi connectivity index (χ2n) is 8.75. The number of ether oxygens (including phenoxy) is 2. The molecular formula is C23H31FN3O9P. The van der Waals surface area contributed by atoms with Gasteiger partial charge in [0.25, 0.3) is 5.56 Å². The summed E-state index contributed by atoms with van der Waals surface area (Å²) in [5, 5.41) is 13.2. The maximum Gasteiger partial charge on any atom is 0.459 e. The van der Waals surface area contributed by atoms with E-state index in [1.165, 1.54) is 31.2 Å². The van der Waals surface area contributed by atoms with Crippen LogP contribution in [0.15, 0.2) is 52.2 Å². The van der Waals surface area contributed by atoms with E-state index in [0.29, 0.717) is 10.8 Å². The third-order valence-electron chi connectivity index (χ3n) is 5.28. The van der Waals surface area contributed by atoms with Crippen molar-refractivity contribution in [3.05, 3.63) is 63.4 Å². The average Bonchev–Trinajstić information content (AvgIpc) is 3.08. The van der Waals surface area contributed by atoms with E-state index in [2.05, 4.69) is 5.09 Å². The highest BCUT2D eigenvalue weighted by Crippen LogP contribution is 2.49. The SMILES string of the molecule is [2H]c1cn([C@@H]2O[C@H](C(O[P@@](=O)(N[C@@H](C)C(=O)OC(C)C)Oc3ccccc3)C([2H])([2H])[2H])[C@@H](O)[C@@]2(C)F)c(=O)[nH]c1=O. The summed E-state index contributed by atoms with van der Waals surface area (Å²) in [5.41, 5.74) is -5.14. The lowest BCUT2D eigenvalue weighted by Gasteiger charge is -2.29.